The molecular weight excluding hydrogens is 623 g/mol. The first-order valence-corrected chi connectivity index (χ1v) is 17.3. The molecule has 0 N–H and O–H groups in total. The van der Waals surface area contributed by atoms with Crippen molar-refractivity contribution >= 4 is 60.9 Å². The molecule has 2 heterocycles. The molecule has 0 aliphatic rings. The second-order valence-corrected chi connectivity index (χ2v) is 12.9. The van der Waals surface area contributed by atoms with Gasteiger partial charge in [-0.05, 0) is 88.0 Å². The minimum absolute atomic E-state index is 0.853. The molecule has 3 heteroatoms. The first kappa shape index (κ1) is 29.1. The van der Waals surface area contributed by atoms with E-state index in [0.717, 1.165) is 83.2 Å². The van der Waals surface area contributed by atoms with Crippen LogP contribution in [0, 0.1) is 0 Å². The summed E-state index contributed by atoms with van der Waals surface area (Å²) in [5, 5.41) is 4.46. The molecule has 10 rings (SSSR count). The first-order chi connectivity index (χ1) is 25.3. The number of nitrogens with zero attached hydrogens (tertiary/aromatic N) is 1. The molecule has 0 fully saturated rings. The number of anilines is 3. The van der Waals surface area contributed by atoms with Crippen LogP contribution >= 0.6 is 0 Å². The molecule has 0 saturated carbocycles. The minimum atomic E-state index is 0.853. The highest BCUT2D eigenvalue weighted by atomic mass is 16.3. The van der Waals surface area contributed by atoms with Gasteiger partial charge in [0.05, 0.1) is 5.69 Å². The van der Waals surface area contributed by atoms with Gasteiger partial charge >= 0.3 is 0 Å². The Bertz CT molecular complexity index is 2830. The summed E-state index contributed by atoms with van der Waals surface area (Å²) in [7, 11) is 0. The molecule has 0 aliphatic carbocycles. The van der Waals surface area contributed by atoms with E-state index >= 15 is 0 Å². The SMILES string of the molecule is c1ccc(-c2ccc(N(c3ccc(-c4ccc5oc6ccccc6c5c4)cc3)c3ccc(-c4ccccc4)c4c3oc3ccccc34)cc2)cc1. The van der Waals surface area contributed by atoms with Crippen LogP contribution in [0.1, 0.15) is 0 Å². The zero-order valence-corrected chi connectivity index (χ0v) is 27.7. The molecule has 10 aromatic rings. The number of hydrogen-bond acceptors (Lipinski definition) is 3. The molecular formula is C48H31NO2. The van der Waals surface area contributed by atoms with Gasteiger partial charge in [0.15, 0.2) is 5.58 Å². The smallest absolute Gasteiger partial charge is 0.160 e. The molecule has 0 amide bonds. The molecule has 0 bridgehead atoms. The van der Waals surface area contributed by atoms with Gasteiger partial charge in [-0.15, -0.1) is 0 Å². The lowest BCUT2D eigenvalue weighted by molar-refractivity contribution is 0.668. The summed E-state index contributed by atoms with van der Waals surface area (Å²) in [6.07, 6.45) is 0. The van der Waals surface area contributed by atoms with Gasteiger partial charge in [-0.25, -0.2) is 0 Å². The van der Waals surface area contributed by atoms with Crippen molar-refractivity contribution in [3.05, 3.63) is 188 Å². The number of benzene rings is 8. The maximum Gasteiger partial charge on any atom is 0.160 e. The summed E-state index contributed by atoms with van der Waals surface area (Å²) >= 11 is 0. The second-order valence-electron chi connectivity index (χ2n) is 12.9. The highest BCUT2D eigenvalue weighted by Crippen LogP contribution is 2.46. The summed E-state index contributed by atoms with van der Waals surface area (Å²) in [6, 6.07) is 66.1. The number of rotatable bonds is 6. The van der Waals surface area contributed by atoms with E-state index in [1.165, 1.54) is 11.1 Å². The predicted molar refractivity (Wildman–Crippen MR) is 212 cm³/mol. The van der Waals surface area contributed by atoms with Crippen LogP contribution in [0.25, 0.3) is 77.3 Å². The van der Waals surface area contributed by atoms with Crippen molar-refractivity contribution in [2.24, 2.45) is 0 Å². The van der Waals surface area contributed by atoms with E-state index in [-0.39, 0.29) is 0 Å². The maximum atomic E-state index is 6.77. The zero-order chi connectivity index (χ0) is 33.7. The number of fused-ring (bicyclic) bond motifs is 6. The fourth-order valence-corrected chi connectivity index (χ4v) is 7.42. The molecule has 0 radical (unpaired) electrons. The van der Waals surface area contributed by atoms with Crippen molar-refractivity contribution in [2.75, 3.05) is 4.90 Å². The summed E-state index contributed by atoms with van der Waals surface area (Å²) in [5.41, 5.74) is 13.5. The van der Waals surface area contributed by atoms with E-state index in [1.54, 1.807) is 0 Å². The highest BCUT2D eigenvalue weighted by Gasteiger charge is 2.22. The Morgan fingerprint density at radius 3 is 1.53 bits per heavy atom. The molecule has 240 valence electrons. The van der Waals surface area contributed by atoms with Crippen LogP contribution < -0.4 is 4.90 Å². The standard InChI is InChI=1S/C48H31NO2/c1-3-11-32(12-4-1)33-19-24-37(25-20-33)49(38-26-21-34(22-27-38)36-23-30-46-42(31-36)40-15-7-9-17-44(40)50-46)43-29-28-39(35-13-5-2-6-14-35)47-41-16-8-10-18-45(41)51-48(43)47/h1-31H. The Balaban J connectivity index is 1.14. The largest absolute Gasteiger partial charge is 0.456 e. The van der Waals surface area contributed by atoms with Crippen molar-refractivity contribution in [1.82, 2.24) is 0 Å². The molecule has 0 atom stereocenters. The van der Waals surface area contributed by atoms with Crippen LogP contribution in [0.3, 0.4) is 0 Å². The van der Waals surface area contributed by atoms with Crippen molar-refractivity contribution < 1.29 is 8.83 Å². The molecule has 3 nitrogen and oxygen atoms in total. The van der Waals surface area contributed by atoms with Gasteiger partial charge in [-0.2, -0.15) is 0 Å². The van der Waals surface area contributed by atoms with Gasteiger partial charge in [0.2, 0.25) is 0 Å². The lowest BCUT2D eigenvalue weighted by atomic mass is 9.98. The van der Waals surface area contributed by atoms with Gasteiger partial charge in [-0.1, -0.05) is 133 Å². The van der Waals surface area contributed by atoms with E-state index in [9.17, 15) is 0 Å². The lowest BCUT2D eigenvalue weighted by Crippen LogP contribution is -2.10. The Morgan fingerprint density at radius 1 is 0.333 bits per heavy atom. The van der Waals surface area contributed by atoms with E-state index in [2.05, 4.69) is 175 Å². The average molecular weight is 654 g/mol. The van der Waals surface area contributed by atoms with Crippen molar-refractivity contribution in [3.63, 3.8) is 0 Å². The van der Waals surface area contributed by atoms with Gasteiger partial charge in [0.1, 0.15) is 16.7 Å². The lowest BCUT2D eigenvalue weighted by Gasteiger charge is -2.26. The Kier molecular flexibility index (Phi) is 6.81. The van der Waals surface area contributed by atoms with Crippen LogP contribution in [0.4, 0.5) is 17.1 Å². The number of furan rings is 2. The topological polar surface area (TPSA) is 29.5 Å². The Morgan fingerprint density at radius 2 is 0.843 bits per heavy atom. The molecule has 2 aromatic heterocycles. The maximum absolute atomic E-state index is 6.77. The summed E-state index contributed by atoms with van der Waals surface area (Å²) in [6.45, 7) is 0. The third kappa shape index (κ3) is 4.98. The van der Waals surface area contributed by atoms with Crippen LogP contribution in [0.2, 0.25) is 0 Å². The third-order valence-corrected chi connectivity index (χ3v) is 9.90. The number of hydrogen-bond donors (Lipinski definition) is 0. The monoisotopic (exact) mass is 653 g/mol. The first-order valence-electron chi connectivity index (χ1n) is 17.3. The average Bonchev–Trinajstić information content (AvgIpc) is 3.78. The van der Waals surface area contributed by atoms with Gasteiger partial charge in [0.25, 0.3) is 0 Å². The molecule has 0 spiro atoms. The van der Waals surface area contributed by atoms with Crippen LogP contribution in [0.5, 0.6) is 0 Å². The summed E-state index contributed by atoms with van der Waals surface area (Å²) in [4.78, 5) is 2.31. The van der Waals surface area contributed by atoms with E-state index in [4.69, 9.17) is 8.83 Å². The van der Waals surface area contributed by atoms with Crippen molar-refractivity contribution in [2.45, 2.75) is 0 Å². The van der Waals surface area contributed by atoms with Crippen LogP contribution in [0.15, 0.2) is 197 Å². The van der Waals surface area contributed by atoms with Crippen molar-refractivity contribution in [1.29, 1.82) is 0 Å². The van der Waals surface area contributed by atoms with Crippen LogP contribution in [-0.2, 0) is 0 Å². The summed E-state index contributed by atoms with van der Waals surface area (Å²) < 4.78 is 12.9. The highest BCUT2D eigenvalue weighted by molar-refractivity contribution is 6.17. The molecule has 0 unspecified atom stereocenters. The molecule has 51 heavy (non-hydrogen) atoms. The Labute approximate surface area is 295 Å². The fourth-order valence-electron chi connectivity index (χ4n) is 7.42. The molecule has 0 aliphatic heterocycles. The van der Waals surface area contributed by atoms with E-state index < -0.39 is 0 Å². The summed E-state index contributed by atoms with van der Waals surface area (Å²) in [5.74, 6) is 0. The van der Waals surface area contributed by atoms with E-state index in [1.807, 2.05) is 18.2 Å². The quantitative estimate of drug-likeness (QED) is 0.179. The minimum Gasteiger partial charge on any atom is -0.456 e. The van der Waals surface area contributed by atoms with Crippen molar-refractivity contribution in [3.8, 4) is 33.4 Å². The van der Waals surface area contributed by atoms with Crippen LogP contribution in [-0.4, -0.2) is 0 Å². The van der Waals surface area contributed by atoms with Gasteiger partial charge in [0, 0.05) is 32.9 Å². The molecule has 8 aromatic carbocycles. The Hall–Kier alpha value is -6.84. The zero-order valence-electron chi connectivity index (χ0n) is 27.7. The second kappa shape index (κ2) is 11.9. The normalized spacial score (nSPS) is 11.5. The fraction of sp³-hybridized carbons (Fsp3) is 0. The van der Waals surface area contributed by atoms with Gasteiger partial charge in [-0.3, -0.25) is 0 Å². The number of para-hydroxylation sites is 2. The van der Waals surface area contributed by atoms with E-state index in [0.29, 0.717) is 0 Å². The predicted octanol–water partition coefficient (Wildman–Crippen LogP) is 14.0. The third-order valence-electron chi connectivity index (χ3n) is 9.90. The van der Waals surface area contributed by atoms with Gasteiger partial charge < -0.3 is 13.7 Å². The molecule has 0 saturated heterocycles.